The van der Waals surface area contributed by atoms with Gasteiger partial charge in [0.15, 0.2) is 10.9 Å². The number of pyridine rings is 1. The number of aromatic nitrogens is 1. The van der Waals surface area contributed by atoms with Crippen LogP contribution in [-0.2, 0) is 4.79 Å². The van der Waals surface area contributed by atoms with Gasteiger partial charge in [0.05, 0.1) is 5.69 Å². The smallest absolute Gasteiger partial charge is 0.224 e. The van der Waals surface area contributed by atoms with Gasteiger partial charge in [0.2, 0.25) is 5.91 Å². The number of nitrogens with one attached hydrogen (secondary N) is 1. The monoisotopic (exact) mass is 302 g/mol. The number of ketones is 1. The van der Waals surface area contributed by atoms with Crippen LogP contribution in [0.2, 0.25) is 5.15 Å². The molecule has 21 heavy (non-hydrogen) atoms. The minimum atomic E-state index is -0.259. The minimum Gasteiger partial charge on any atom is -0.323 e. The highest BCUT2D eigenvalue weighted by Gasteiger charge is 2.10. The second kappa shape index (κ2) is 6.99. The molecule has 0 radical (unpaired) electrons. The highest BCUT2D eigenvalue weighted by atomic mass is 35.5. The van der Waals surface area contributed by atoms with Gasteiger partial charge in [0.25, 0.3) is 0 Å². The van der Waals surface area contributed by atoms with Gasteiger partial charge in [-0.3, -0.25) is 9.59 Å². The fraction of sp³-hybridized carbons (Fsp3) is 0.188. The first-order valence-electron chi connectivity index (χ1n) is 6.56. The minimum absolute atomic E-state index is 0.0533. The normalized spacial score (nSPS) is 10.2. The van der Waals surface area contributed by atoms with Crippen molar-refractivity contribution in [2.24, 2.45) is 0 Å². The van der Waals surface area contributed by atoms with Crippen LogP contribution in [0.3, 0.4) is 0 Å². The molecule has 108 valence electrons. The first-order chi connectivity index (χ1) is 10.1. The molecule has 0 aliphatic carbocycles. The van der Waals surface area contributed by atoms with Gasteiger partial charge in [-0.1, -0.05) is 41.4 Å². The topological polar surface area (TPSA) is 59.1 Å². The van der Waals surface area contributed by atoms with Crippen molar-refractivity contribution in [2.45, 2.75) is 19.8 Å². The highest BCUT2D eigenvalue weighted by molar-refractivity contribution is 6.32. The molecule has 0 aliphatic heterocycles. The molecule has 5 heteroatoms. The number of amides is 1. The Bertz CT molecular complexity index is 654. The molecule has 0 saturated heterocycles. The van der Waals surface area contributed by atoms with Crippen molar-refractivity contribution >= 4 is 29.0 Å². The molecular formula is C16H15ClN2O2. The Hall–Kier alpha value is -2.20. The molecule has 0 atom stereocenters. The van der Waals surface area contributed by atoms with Gasteiger partial charge >= 0.3 is 0 Å². The molecule has 1 amide bonds. The van der Waals surface area contributed by atoms with Crippen molar-refractivity contribution in [2.75, 3.05) is 5.32 Å². The summed E-state index contributed by atoms with van der Waals surface area (Å²) in [4.78, 5) is 27.6. The zero-order chi connectivity index (χ0) is 15.2. The predicted octanol–water partition coefficient (Wildman–Crippen LogP) is 3.65. The van der Waals surface area contributed by atoms with E-state index in [-0.39, 0.29) is 29.7 Å². The van der Waals surface area contributed by atoms with Crippen LogP contribution in [0.15, 0.2) is 42.6 Å². The number of hydrogen-bond acceptors (Lipinski definition) is 3. The second-order valence-corrected chi connectivity index (χ2v) is 5.04. The highest BCUT2D eigenvalue weighted by Crippen LogP contribution is 2.18. The van der Waals surface area contributed by atoms with Gasteiger partial charge in [0.1, 0.15) is 0 Å². The maximum Gasteiger partial charge on any atom is 0.224 e. The second-order valence-electron chi connectivity index (χ2n) is 4.68. The number of hydrogen-bond donors (Lipinski definition) is 1. The number of anilines is 1. The van der Waals surface area contributed by atoms with E-state index in [0.29, 0.717) is 11.3 Å². The summed E-state index contributed by atoms with van der Waals surface area (Å²) < 4.78 is 0. The third-order valence-electron chi connectivity index (χ3n) is 2.99. The largest absolute Gasteiger partial charge is 0.323 e. The summed E-state index contributed by atoms with van der Waals surface area (Å²) >= 11 is 5.85. The number of nitrogens with zero attached hydrogens (tertiary/aromatic N) is 1. The number of aryl methyl sites for hydroxylation is 1. The molecule has 1 N–H and O–H groups in total. The van der Waals surface area contributed by atoms with Crippen molar-refractivity contribution in [3.05, 3.63) is 58.9 Å². The summed E-state index contributed by atoms with van der Waals surface area (Å²) in [5, 5.41) is 2.87. The SMILES string of the molecule is Cc1ccc(C(=O)CCC(=O)Nc2cccnc2Cl)cc1. The third-order valence-corrected chi connectivity index (χ3v) is 3.29. The molecule has 0 unspecified atom stereocenters. The summed E-state index contributed by atoms with van der Waals surface area (Å²) in [6.07, 6.45) is 1.81. The van der Waals surface area contributed by atoms with Crippen LogP contribution < -0.4 is 5.32 Å². The maximum atomic E-state index is 12.0. The van der Waals surface area contributed by atoms with Crippen molar-refractivity contribution in [3.63, 3.8) is 0 Å². The Kier molecular flexibility index (Phi) is 5.06. The number of carbonyl (C=O) groups is 2. The first-order valence-corrected chi connectivity index (χ1v) is 6.94. The molecule has 1 aromatic heterocycles. The van der Waals surface area contributed by atoms with Crippen LogP contribution in [0, 0.1) is 6.92 Å². The first kappa shape index (κ1) is 15.2. The van der Waals surface area contributed by atoms with Crippen molar-refractivity contribution in [1.82, 2.24) is 4.98 Å². The third kappa shape index (κ3) is 4.39. The molecule has 0 spiro atoms. The average Bonchev–Trinajstić information content (AvgIpc) is 2.48. The Morgan fingerprint density at radius 2 is 1.86 bits per heavy atom. The number of Topliss-reactive ketones (excluding diaryl/α,β-unsaturated/α-hetero) is 1. The lowest BCUT2D eigenvalue weighted by Gasteiger charge is -2.06. The standard InChI is InChI=1S/C16H15ClN2O2/c1-11-4-6-12(7-5-11)14(20)8-9-15(21)19-13-3-2-10-18-16(13)17/h2-7,10H,8-9H2,1H3,(H,19,21). The van der Waals surface area contributed by atoms with Gasteiger partial charge in [-0.15, -0.1) is 0 Å². The van der Waals surface area contributed by atoms with Crippen molar-refractivity contribution in [1.29, 1.82) is 0 Å². The summed E-state index contributed by atoms with van der Waals surface area (Å²) in [7, 11) is 0. The fourth-order valence-electron chi connectivity index (χ4n) is 1.80. The van der Waals surface area contributed by atoms with E-state index < -0.39 is 0 Å². The van der Waals surface area contributed by atoms with E-state index in [4.69, 9.17) is 11.6 Å². The van der Waals surface area contributed by atoms with E-state index in [9.17, 15) is 9.59 Å². The molecule has 0 bridgehead atoms. The van der Waals surface area contributed by atoms with Crippen molar-refractivity contribution < 1.29 is 9.59 Å². The molecule has 0 saturated carbocycles. The van der Waals surface area contributed by atoms with Crippen molar-refractivity contribution in [3.8, 4) is 0 Å². The van der Waals surface area contributed by atoms with Crippen LogP contribution in [0.5, 0.6) is 0 Å². The number of halogens is 1. The molecular weight excluding hydrogens is 288 g/mol. The van der Waals surface area contributed by atoms with E-state index in [0.717, 1.165) is 5.56 Å². The van der Waals surface area contributed by atoms with Gasteiger partial charge in [-0.25, -0.2) is 4.98 Å². The fourth-order valence-corrected chi connectivity index (χ4v) is 1.97. The molecule has 0 fully saturated rings. The summed E-state index contributed by atoms with van der Waals surface area (Å²) in [6.45, 7) is 1.96. The average molecular weight is 303 g/mol. The molecule has 1 aromatic carbocycles. The van der Waals surface area contributed by atoms with Crippen LogP contribution in [0.4, 0.5) is 5.69 Å². The molecule has 0 aliphatic rings. The van der Waals surface area contributed by atoms with E-state index >= 15 is 0 Å². The molecule has 4 nitrogen and oxygen atoms in total. The van der Waals surface area contributed by atoms with Gasteiger partial charge < -0.3 is 5.32 Å². The Labute approximate surface area is 128 Å². The summed E-state index contributed by atoms with van der Waals surface area (Å²) in [5.41, 5.74) is 2.16. The number of rotatable bonds is 5. The maximum absolute atomic E-state index is 12.0. The quantitative estimate of drug-likeness (QED) is 0.677. The van der Waals surface area contributed by atoms with Crippen LogP contribution in [0.1, 0.15) is 28.8 Å². The van der Waals surface area contributed by atoms with Crippen LogP contribution in [0.25, 0.3) is 0 Å². The van der Waals surface area contributed by atoms with Gasteiger partial charge in [0, 0.05) is 24.6 Å². The molecule has 2 rings (SSSR count). The van der Waals surface area contributed by atoms with E-state index in [1.165, 1.54) is 0 Å². The lowest BCUT2D eigenvalue weighted by molar-refractivity contribution is -0.116. The predicted molar refractivity (Wildman–Crippen MR) is 82.6 cm³/mol. The zero-order valence-corrected chi connectivity index (χ0v) is 12.4. The summed E-state index contributed by atoms with van der Waals surface area (Å²) in [6, 6.07) is 10.6. The molecule has 2 aromatic rings. The lowest BCUT2D eigenvalue weighted by atomic mass is 10.1. The van der Waals surface area contributed by atoms with E-state index in [2.05, 4.69) is 10.3 Å². The lowest BCUT2D eigenvalue weighted by Crippen LogP contribution is -2.14. The summed E-state index contributed by atoms with van der Waals surface area (Å²) in [5.74, 6) is -0.312. The Morgan fingerprint density at radius 3 is 2.52 bits per heavy atom. The van der Waals surface area contributed by atoms with E-state index in [1.54, 1.807) is 30.5 Å². The van der Waals surface area contributed by atoms with Crippen LogP contribution >= 0.6 is 11.6 Å². The van der Waals surface area contributed by atoms with Crippen LogP contribution in [-0.4, -0.2) is 16.7 Å². The van der Waals surface area contributed by atoms with Gasteiger partial charge in [-0.05, 0) is 19.1 Å². The number of benzene rings is 1. The Morgan fingerprint density at radius 1 is 1.14 bits per heavy atom. The van der Waals surface area contributed by atoms with E-state index in [1.807, 2.05) is 19.1 Å². The molecule has 1 heterocycles. The Balaban J connectivity index is 1.88. The zero-order valence-electron chi connectivity index (χ0n) is 11.6. The van der Waals surface area contributed by atoms with Gasteiger partial charge in [-0.2, -0.15) is 0 Å². The number of carbonyl (C=O) groups excluding carboxylic acids is 2.